The molecule has 0 heterocycles. The van der Waals surface area contributed by atoms with Crippen LogP contribution in [0, 0.1) is 22.2 Å². The predicted molar refractivity (Wildman–Crippen MR) is 62.7 cm³/mol. The van der Waals surface area contributed by atoms with Crippen LogP contribution in [0.1, 0.15) is 27.7 Å². The summed E-state index contributed by atoms with van der Waals surface area (Å²) in [6, 6.07) is 0. The minimum atomic E-state index is 0.360. The van der Waals surface area contributed by atoms with E-state index in [-0.39, 0.29) is 0 Å². The Morgan fingerprint density at radius 2 is 1.62 bits per heavy atom. The predicted octanol–water partition coefficient (Wildman–Crippen LogP) is 2.97. The van der Waals surface area contributed by atoms with Crippen molar-refractivity contribution in [1.82, 2.24) is 0 Å². The molecule has 4 nitrogen and oxygen atoms in total. The van der Waals surface area contributed by atoms with Crippen molar-refractivity contribution in [2.75, 3.05) is 0 Å². The quantitative estimate of drug-likeness (QED) is 0.488. The number of hydrogen-bond donors (Lipinski definition) is 2. The van der Waals surface area contributed by atoms with E-state index in [9.17, 15) is 0 Å². The van der Waals surface area contributed by atoms with Crippen molar-refractivity contribution in [2.45, 2.75) is 27.7 Å². The molecule has 16 heavy (non-hydrogen) atoms. The first kappa shape index (κ1) is 16.7. The molecule has 0 saturated carbocycles. The molecule has 0 aromatic rings. The summed E-state index contributed by atoms with van der Waals surface area (Å²) in [4.78, 5) is 16.7. The Bertz CT molecular complexity index is 317. The molecule has 1 atom stereocenters. The van der Waals surface area contributed by atoms with Gasteiger partial charge in [0.25, 0.3) is 0 Å². The zero-order valence-electron chi connectivity index (χ0n) is 10.1. The Morgan fingerprint density at radius 3 is 1.88 bits per heavy atom. The lowest BCUT2D eigenvalue weighted by Gasteiger charge is -2.29. The van der Waals surface area contributed by atoms with Crippen LogP contribution in [0.3, 0.4) is 0 Å². The maximum atomic E-state index is 8.35. The van der Waals surface area contributed by atoms with E-state index in [1.54, 1.807) is 0 Å². The number of carbonyl (C=O) groups excluding carboxylic acids is 2. The maximum absolute atomic E-state index is 8.35. The van der Waals surface area contributed by atoms with Crippen LogP contribution in [-0.2, 0) is 9.59 Å². The van der Waals surface area contributed by atoms with E-state index >= 15 is 0 Å². The van der Waals surface area contributed by atoms with E-state index in [1.807, 2.05) is 0 Å². The molecule has 0 amide bonds. The third-order valence-corrected chi connectivity index (χ3v) is 2.42. The molecule has 0 spiro atoms. The van der Waals surface area contributed by atoms with Crippen molar-refractivity contribution < 1.29 is 9.59 Å². The van der Waals surface area contributed by atoms with Gasteiger partial charge < -0.3 is 0 Å². The second-order valence-electron chi connectivity index (χ2n) is 4.06. The highest BCUT2D eigenvalue weighted by atomic mass is 16.1. The van der Waals surface area contributed by atoms with Gasteiger partial charge in [0.15, 0.2) is 0 Å². The molecule has 0 aromatic carbocycles. The second kappa shape index (κ2) is 8.54. The lowest BCUT2D eigenvalue weighted by Crippen LogP contribution is -2.19. The first-order valence-electron chi connectivity index (χ1n) is 4.81. The molecule has 0 aromatic heterocycles. The average Bonchev–Trinajstić information content (AvgIpc) is 2.14. The van der Waals surface area contributed by atoms with Crippen molar-refractivity contribution in [3.63, 3.8) is 0 Å². The molecule has 4 heteroatoms. The standard InChI is InChI=1S/C10H16.2CHNO/c1-8-5-6-9(2)10(3,4)7-8;2*2-1-3/h5-7,9H,1-4H3;2*2H. The van der Waals surface area contributed by atoms with Gasteiger partial charge in [-0.15, -0.1) is 0 Å². The molecular formula is C12H18N2O2. The number of nitrogens with one attached hydrogen (secondary N) is 2. The third-order valence-electron chi connectivity index (χ3n) is 2.42. The van der Waals surface area contributed by atoms with Crippen LogP contribution in [0.2, 0.25) is 0 Å². The molecule has 1 aliphatic carbocycles. The van der Waals surface area contributed by atoms with Crippen molar-refractivity contribution in [3.8, 4) is 0 Å². The largest absolute Gasteiger partial charge is 0.231 e. The van der Waals surface area contributed by atoms with Gasteiger partial charge in [-0.2, -0.15) is 0 Å². The summed E-state index contributed by atoms with van der Waals surface area (Å²) in [5.41, 5.74) is 1.75. The summed E-state index contributed by atoms with van der Waals surface area (Å²) in [5.74, 6) is 0.677. The van der Waals surface area contributed by atoms with Crippen molar-refractivity contribution >= 4 is 12.2 Å². The smallest absolute Gasteiger partial charge is 0.222 e. The molecule has 2 N–H and O–H groups in total. The Morgan fingerprint density at radius 1 is 1.25 bits per heavy atom. The van der Waals surface area contributed by atoms with Gasteiger partial charge in [-0.25, -0.2) is 20.4 Å². The minimum Gasteiger partial charge on any atom is -0.222 e. The number of rotatable bonds is 0. The molecule has 88 valence electrons. The molecule has 1 rings (SSSR count). The third kappa shape index (κ3) is 7.63. The summed E-state index contributed by atoms with van der Waals surface area (Å²) >= 11 is 0. The maximum Gasteiger partial charge on any atom is 0.231 e. The van der Waals surface area contributed by atoms with Gasteiger partial charge in [0, 0.05) is 0 Å². The molecule has 0 fully saturated rings. The Balaban J connectivity index is 0. The number of allylic oxidation sites excluding steroid dienone is 4. The van der Waals surface area contributed by atoms with Crippen LogP contribution < -0.4 is 0 Å². The van der Waals surface area contributed by atoms with Crippen LogP contribution in [0.25, 0.3) is 0 Å². The van der Waals surface area contributed by atoms with Gasteiger partial charge in [-0.3, -0.25) is 0 Å². The second-order valence-corrected chi connectivity index (χ2v) is 4.06. The first-order chi connectivity index (χ1) is 7.35. The van der Waals surface area contributed by atoms with Crippen molar-refractivity contribution in [1.29, 1.82) is 10.8 Å². The van der Waals surface area contributed by atoms with E-state index in [0.717, 1.165) is 12.2 Å². The lowest BCUT2D eigenvalue weighted by molar-refractivity contribution is 0.361. The van der Waals surface area contributed by atoms with Crippen molar-refractivity contribution in [2.24, 2.45) is 11.3 Å². The van der Waals surface area contributed by atoms with E-state index in [4.69, 9.17) is 20.4 Å². The van der Waals surface area contributed by atoms with Gasteiger partial charge >= 0.3 is 0 Å². The Hall–Kier alpha value is -1.76. The van der Waals surface area contributed by atoms with E-state index in [1.165, 1.54) is 5.57 Å². The molecule has 1 unspecified atom stereocenters. The van der Waals surface area contributed by atoms with Gasteiger partial charge in [-0.05, 0) is 18.3 Å². The van der Waals surface area contributed by atoms with E-state index < -0.39 is 0 Å². The van der Waals surface area contributed by atoms with Crippen LogP contribution in [0.15, 0.2) is 23.8 Å². The summed E-state index contributed by atoms with van der Waals surface area (Å²) in [7, 11) is 0. The monoisotopic (exact) mass is 222 g/mol. The normalized spacial score (nSPS) is 19.8. The number of isocyanates is 2. The Labute approximate surface area is 96.1 Å². The summed E-state index contributed by atoms with van der Waals surface area (Å²) in [6.45, 7) is 8.99. The first-order valence-corrected chi connectivity index (χ1v) is 4.81. The lowest BCUT2D eigenvalue weighted by atomic mass is 9.76. The molecule has 1 aliphatic rings. The zero-order chi connectivity index (χ0) is 13.2. The average molecular weight is 222 g/mol. The van der Waals surface area contributed by atoms with E-state index in [0.29, 0.717) is 11.3 Å². The summed E-state index contributed by atoms with van der Waals surface area (Å²) in [5, 5.41) is 10.8. The van der Waals surface area contributed by atoms with Crippen molar-refractivity contribution in [3.05, 3.63) is 23.8 Å². The summed E-state index contributed by atoms with van der Waals surface area (Å²) < 4.78 is 0. The fourth-order valence-corrected chi connectivity index (χ4v) is 1.31. The zero-order valence-corrected chi connectivity index (χ0v) is 10.1. The molecule has 0 aliphatic heterocycles. The molecule has 0 radical (unpaired) electrons. The summed E-state index contributed by atoms with van der Waals surface area (Å²) in [6.07, 6.45) is 8.34. The van der Waals surface area contributed by atoms with Gasteiger partial charge in [0.05, 0.1) is 0 Å². The van der Waals surface area contributed by atoms with Gasteiger partial charge in [0.2, 0.25) is 12.2 Å². The minimum absolute atomic E-state index is 0.360. The SMILES string of the molecule is CC1=CC(C)(C)C(C)C=C1.N=C=O.N=C=O. The number of hydrogen-bond acceptors (Lipinski definition) is 4. The Kier molecular flexibility index (Phi) is 8.89. The highest BCUT2D eigenvalue weighted by molar-refractivity contribution is 5.26. The molecular weight excluding hydrogens is 204 g/mol. The fourth-order valence-electron chi connectivity index (χ4n) is 1.31. The molecule has 0 saturated heterocycles. The van der Waals surface area contributed by atoms with E-state index in [2.05, 4.69) is 45.9 Å². The fraction of sp³-hybridized carbons (Fsp3) is 0.500. The van der Waals surface area contributed by atoms with Crippen LogP contribution in [-0.4, -0.2) is 12.2 Å². The van der Waals surface area contributed by atoms with Crippen LogP contribution >= 0.6 is 0 Å². The highest BCUT2D eigenvalue weighted by Gasteiger charge is 2.23. The van der Waals surface area contributed by atoms with Crippen LogP contribution in [0.4, 0.5) is 0 Å². The van der Waals surface area contributed by atoms with Crippen LogP contribution in [0.5, 0.6) is 0 Å². The van der Waals surface area contributed by atoms with Gasteiger partial charge in [0.1, 0.15) is 0 Å². The molecule has 0 bridgehead atoms. The topological polar surface area (TPSA) is 81.8 Å². The highest BCUT2D eigenvalue weighted by Crippen LogP contribution is 2.33. The van der Waals surface area contributed by atoms with Gasteiger partial charge in [-0.1, -0.05) is 44.6 Å².